The van der Waals surface area contributed by atoms with Gasteiger partial charge in [0.15, 0.2) is 0 Å². The zero-order chi connectivity index (χ0) is 11.5. The van der Waals surface area contributed by atoms with Crippen LogP contribution in [0.2, 0.25) is 0 Å². The van der Waals surface area contributed by atoms with E-state index < -0.39 is 0 Å². The van der Waals surface area contributed by atoms with Gasteiger partial charge in [-0.25, -0.2) is 4.98 Å². The zero-order valence-electron chi connectivity index (χ0n) is 10.7. The molecule has 2 rings (SSSR count). The molecule has 0 spiro atoms. The molecule has 0 radical (unpaired) electrons. The number of nitrogens with zero attached hydrogens (tertiary/aromatic N) is 1. The van der Waals surface area contributed by atoms with Crippen LogP contribution in [-0.2, 0) is 0 Å². The summed E-state index contributed by atoms with van der Waals surface area (Å²) in [6.07, 6.45) is 6.93. The summed E-state index contributed by atoms with van der Waals surface area (Å²) >= 11 is 1.89. The minimum Gasteiger partial charge on any atom is -0.246 e. The Balaban J connectivity index is 2.05. The Morgan fingerprint density at radius 1 is 1.44 bits per heavy atom. The van der Waals surface area contributed by atoms with Crippen molar-refractivity contribution in [1.29, 1.82) is 0 Å². The fourth-order valence-corrected chi connectivity index (χ4v) is 3.77. The molecule has 0 aliphatic heterocycles. The summed E-state index contributed by atoms with van der Waals surface area (Å²) < 4.78 is 0. The van der Waals surface area contributed by atoms with Gasteiger partial charge in [0.25, 0.3) is 0 Å². The van der Waals surface area contributed by atoms with Crippen molar-refractivity contribution >= 4 is 11.3 Å². The summed E-state index contributed by atoms with van der Waals surface area (Å²) in [5.74, 6) is 2.29. The summed E-state index contributed by atoms with van der Waals surface area (Å²) in [7, 11) is 0. The maximum absolute atomic E-state index is 4.82. The Hall–Kier alpha value is -0.370. The van der Waals surface area contributed by atoms with Gasteiger partial charge in [-0.05, 0) is 24.7 Å². The molecular formula is C14H23NS. The second kappa shape index (κ2) is 5.31. The van der Waals surface area contributed by atoms with Gasteiger partial charge < -0.3 is 0 Å². The Morgan fingerprint density at radius 2 is 2.25 bits per heavy atom. The van der Waals surface area contributed by atoms with Gasteiger partial charge in [0, 0.05) is 11.3 Å². The largest absolute Gasteiger partial charge is 0.246 e. The molecule has 0 bridgehead atoms. The van der Waals surface area contributed by atoms with E-state index in [2.05, 4.69) is 26.2 Å². The van der Waals surface area contributed by atoms with Crippen LogP contribution < -0.4 is 0 Å². The predicted octanol–water partition coefficient (Wildman–Crippen LogP) is 4.95. The molecule has 1 fully saturated rings. The predicted molar refractivity (Wildman–Crippen MR) is 71.2 cm³/mol. The number of thiazole rings is 1. The first-order valence-corrected chi connectivity index (χ1v) is 7.54. The number of rotatable bonds is 3. The first-order valence-electron chi connectivity index (χ1n) is 6.66. The highest BCUT2D eigenvalue weighted by atomic mass is 32.1. The first-order chi connectivity index (χ1) is 7.70. The van der Waals surface area contributed by atoms with E-state index in [9.17, 15) is 0 Å². The van der Waals surface area contributed by atoms with Crippen LogP contribution in [0, 0.1) is 5.92 Å². The average molecular weight is 237 g/mol. The van der Waals surface area contributed by atoms with Gasteiger partial charge in [0.1, 0.15) is 0 Å². The summed E-state index contributed by atoms with van der Waals surface area (Å²) in [4.78, 5) is 4.82. The molecule has 0 aromatic carbocycles. The lowest BCUT2D eigenvalue weighted by Gasteiger charge is -2.26. The monoisotopic (exact) mass is 237 g/mol. The molecule has 0 amide bonds. The molecule has 1 nitrogen and oxygen atoms in total. The Kier molecular flexibility index (Phi) is 4.01. The van der Waals surface area contributed by atoms with Crippen molar-refractivity contribution in [2.45, 2.75) is 64.7 Å². The second-order valence-electron chi connectivity index (χ2n) is 5.40. The summed E-state index contributed by atoms with van der Waals surface area (Å²) in [6, 6.07) is 0. The van der Waals surface area contributed by atoms with Crippen molar-refractivity contribution < 1.29 is 0 Å². The van der Waals surface area contributed by atoms with Crippen LogP contribution in [0.5, 0.6) is 0 Å². The van der Waals surface area contributed by atoms with Gasteiger partial charge in [-0.2, -0.15) is 0 Å². The second-order valence-corrected chi connectivity index (χ2v) is 6.29. The van der Waals surface area contributed by atoms with Gasteiger partial charge in [0.05, 0.1) is 10.7 Å². The average Bonchev–Trinajstić information content (AvgIpc) is 2.78. The highest BCUT2D eigenvalue weighted by Gasteiger charge is 2.24. The van der Waals surface area contributed by atoms with E-state index in [1.54, 1.807) is 0 Å². The third-order valence-electron chi connectivity index (χ3n) is 3.84. The molecular weight excluding hydrogens is 214 g/mol. The Bertz CT molecular complexity index is 329. The van der Waals surface area contributed by atoms with E-state index in [0.29, 0.717) is 5.92 Å². The quantitative estimate of drug-likeness (QED) is 0.725. The lowest BCUT2D eigenvalue weighted by Crippen LogP contribution is -2.13. The van der Waals surface area contributed by atoms with Gasteiger partial charge in [0.2, 0.25) is 0 Å². The zero-order valence-corrected chi connectivity index (χ0v) is 11.5. The van der Waals surface area contributed by atoms with E-state index in [-0.39, 0.29) is 0 Å². The van der Waals surface area contributed by atoms with Crippen LogP contribution >= 0.6 is 11.3 Å². The van der Waals surface area contributed by atoms with Crippen molar-refractivity contribution in [3.05, 3.63) is 16.1 Å². The van der Waals surface area contributed by atoms with Crippen molar-refractivity contribution in [2.24, 2.45) is 5.92 Å². The fourth-order valence-electron chi connectivity index (χ4n) is 2.64. The summed E-state index contributed by atoms with van der Waals surface area (Å²) in [5, 5.41) is 3.66. The summed E-state index contributed by atoms with van der Waals surface area (Å²) in [6.45, 7) is 6.79. The first kappa shape index (κ1) is 12.1. The van der Waals surface area contributed by atoms with Crippen molar-refractivity contribution in [2.75, 3.05) is 0 Å². The van der Waals surface area contributed by atoms with Gasteiger partial charge in [-0.3, -0.25) is 0 Å². The molecule has 0 saturated heterocycles. The SMILES string of the molecule is CCC1CCCC(c2nc(C(C)C)cs2)C1. The minimum absolute atomic E-state index is 0.579. The van der Waals surface area contributed by atoms with Crippen molar-refractivity contribution in [3.8, 4) is 0 Å². The topological polar surface area (TPSA) is 12.9 Å². The lowest BCUT2D eigenvalue weighted by molar-refractivity contribution is 0.314. The molecule has 1 aromatic rings. The van der Waals surface area contributed by atoms with Gasteiger partial charge in [-0.15, -0.1) is 11.3 Å². The molecule has 2 heteroatoms. The third kappa shape index (κ3) is 2.65. The fraction of sp³-hybridized carbons (Fsp3) is 0.786. The molecule has 0 N–H and O–H groups in total. The minimum atomic E-state index is 0.579. The number of hydrogen-bond donors (Lipinski definition) is 0. The van der Waals surface area contributed by atoms with E-state index in [0.717, 1.165) is 11.8 Å². The van der Waals surface area contributed by atoms with Crippen LogP contribution in [0.3, 0.4) is 0 Å². The molecule has 90 valence electrons. The Morgan fingerprint density at radius 3 is 2.88 bits per heavy atom. The molecule has 2 unspecified atom stereocenters. The highest BCUT2D eigenvalue weighted by molar-refractivity contribution is 7.09. The third-order valence-corrected chi connectivity index (χ3v) is 4.87. The highest BCUT2D eigenvalue weighted by Crippen LogP contribution is 2.39. The lowest BCUT2D eigenvalue weighted by atomic mass is 9.80. The number of aromatic nitrogens is 1. The van der Waals surface area contributed by atoms with Crippen LogP contribution in [0.15, 0.2) is 5.38 Å². The van der Waals surface area contributed by atoms with Crippen molar-refractivity contribution in [1.82, 2.24) is 4.98 Å². The van der Waals surface area contributed by atoms with Crippen molar-refractivity contribution in [3.63, 3.8) is 0 Å². The van der Waals surface area contributed by atoms with E-state index in [1.165, 1.54) is 42.8 Å². The molecule has 1 heterocycles. The Labute approximate surface area is 103 Å². The van der Waals surface area contributed by atoms with Crippen LogP contribution in [0.4, 0.5) is 0 Å². The molecule has 1 aliphatic carbocycles. The van der Waals surface area contributed by atoms with Gasteiger partial charge in [-0.1, -0.05) is 40.0 Å². The van der Waals surface area contributed by atoms with Crippen LogP contribution in [0.1, 0.15) is 75.4 Å². The summed E-state index contributed by atoms with van der Waals surface area (Å²) in [5.41, 5.74) is 1.29. The maximum atomic E-state index is 4.82. The molecule has 1 saturated carbocycles. The van der Waals surface area contributed by atoms with Gasteiger partial charge >= 0.3 is 0 Å². The molecule has 16 heavy (non-hydrogen) atoms. The number of hydrogen-bond acceptors (Lipinski definition) is 2. The van der Waals surface area contributed by atoms with Crippen LogP contribution in [-0.4, -0.2) is 4.98 Å². The normalized spacial score (nSPS) is 26.2. The maximum Gasteiger partial charge on any atom is 0.0959 e. The standard InChI is InChI=1S/C14H23NS/c1-4-11-6-5-7-12(8-11)14-15-13(9-16-14)10(2)3/h9-12H,4-8H2,1-3H3. The van der Waals surface area contributed by atoms with E-state index in [4.69, 9.17) is 4.98 Å². The smallest absolute Gasteiger partial charge is 0.0959 e. The molecule has 1 aromatic heterocycles. The van der Waals surface area contributed by atoms with E-state index >= 15 is 0 Å². The van der Waals surface area contributed by atoms with Crippen LogP contribution in [0.25, 0.3) is 0 Å². The van der Waals surface area contributed by atoms with E-state index in [1.807, 2.05) is 11.3 Å². The molecule has 2 atom stereocenters. The molecule has 1 aliphatic rings.